The van der Waals surface area contributed by atoms with E-state index < -0.39 is 0 Å². The highest BCUT2D eigenvalue weighted by molar-refractivity contribution is 7.98. The second kappa shape index (κ2) is 9.43. The van der Waals surface area contributed by atoms with Crippen molar-refractivity contribution in [1.29, 1.82) is 0 Å². The molecule has 0 radical (unpaired) electrons. The van der Waals surface area contributed by atoms with Gasteiger partial charge in [0, 0.05) is 29.0 Å². The van der Waals surface area contributed by atoms with Crippen molar-refractivity contribution in [3.8, 4) is 0 Å². The third-order valence-electron chi connectivity index (χ3n) is 5.64. The summed E-state index contributed by atoms with van der Waals surface area (Å²) in [6.07, 6.45) is 7.00. The topological polar surface area (TPSA) is 40.5 Å². The Morgan fingerprint density at radius 2 is 1.89 bits per heavy atom. The van der Waals surface area contributed by atoms with Crippen LogP contribution < -0.4 is 0 Å². The molecule has 27 heavy (non-hydrogen) atoms. The van der Waals surface area contributed by atoms with Gasteiger partial charge in [-0.25, -0.2) is 0 Å². The first kappa shape index (κ1) is 20.0. The lowest BCUT2D eigenvalue weighted by atomic mass is 9.76. The van der Waals surface area contributed by atoms with Crippen LogP contribution in [0.5, 0.6) is 0 Å². The van der Waals surface area contributed by atoms with E-state index >= 15 is 0 Å². The van der Waals surface area contributed by atoms with Crippen LogP contribution in [0.4, 0.5) is 0 Å². The van der Waals surface area contributed by atoms with E-state index in [1.54, 1.807) is 11.8 Å². The first-order valence-corrected chi connectivity index (χ1v) is 11.0. The zero-order valence-electron chi connectivity index (χ0n) is 16.1. The van der Waals surface area contributed by atoms with Crippen molar-refractivity contribution in [2.75, 3.05) is 26.0 Å². The normalized spacial score (nSPS) is 19.9. The quantitative estimate of drug-likeness (QED) is 0.708. The number of amides is 1. The molecule has 2 aromatic carbocycles. The van der Waals surface area contributed by atoms with E-state index in [0.717, 1.165) is 49.1 Å². The molecule has 1 heterocycles. The molecule has 0 aliphatic carbocycles. The van der Waals surface area contributed by atoms with Crippen LogP contribution in [0.15, 0.2) is 59.5 Å². The number of aryl methyl sites for hydroxylation is 1. The Bertz CT molecular complexity index is 732. The zero-order chi connectivity index (χ0) is 19.1. The van der Waals surface area contributed by atoms with E-state index in [9.17, 15) is 9.90 Å². The molecule has 144 valence electrons. The second-order valence-corrected chi connectivity index (χ2v) is 8.44. The van der Waals surface area contributed by atoms with Crippen LogP contribution in [0.2, 0.25) is 0 Å². The van der Waals surface area contributed by atoms with E-state index in [1.165, 1.54) is 5.56 Å². The highest BCUT2D eigenvalue weighted by atomic mass is 32.2. The van der Waals surface area contributed by atoms with Crippen LogP contribution in [0.1, 0.15) is 41.6 Å². The average molecular weight is 384 g/mol. The summed E-state index contributed by atoms with van der Waals surface area (Å²) in [7, 11) is 0. The van der Waals surface area contributed by atoms with Gasteiger partial charge in [0.05, 0.1) is 6.61 Å². The maximum absolute atomic E-state index is 12.9. The van der Waals surface area contributed by atoms with Gasteiger partial charge in [0.2, 0.25) is 0 Å². The predicted octanol–water partition coefficient (Wildman–Crippen LogP) is 4.65. The smallest absolute Gasteiger partial charge is 0.253 e. The van der Waals surface area contributed by atoms with Gasteiger partial charge in [-0.2, -0.15) is 0 Å². The number of hydrogen-bond donors (Lipinski definition) is 1. The molecular formula is C23H29NO2S. The fourth-order valence-corrected chi connectivity index (χ4v) is 4.43. The number of aliphatic hydroxyl groups is 1. The first-order chi connectivity index (χ1) is 13.2. The van der Waals surface area contributed by atoms with Gasteiger partial charge >= 0.3 is 0 Å². The summed E-state index contributed by atoms with van der Waals surface area (Å²) < 4.78 is 0. The Morgan fingerprint density at radius 3 is 2.56 bits per heavy atom. The molecule has 1 atom stereocenters. The lowest BCUT2D eigenvalue weighted by Gasteiger charge is -2.42. The van der Waals surface area contributed by atoms with Crippen LogP contribution in [0, 0.1) is 5.41 Å². The number of likely N-dealkylation sites (tertiary alicyclic amines) is 1. The maximum atomic E-state index is 12.9. The zero-order valence-corrected chi connectivity index (χ0v) is 16.9. The largest absolute Gasteiger partial charge is 0.396 e. The molecule has 4 heteroatoms. The molecule has 0 saturated carbocycles. The van der Waals surface area contributed by atoms with Crippen molar-refractivity contribution in [2.24, 2.45) is 5.41 Å². The van der Waals surface area contributed by atoms with E-state index in [4.69, 9.17) is 0 Å². The van der Waals surface area contributed by atoms with Crippen molar-refractivity contribution < 1.29 is 9.90 Å². The summed E-state index contributed by atoms with van der Waals surface area (Å²) in [6.45, 7) is 1.59. The standard InChI is InChI=1S/C23H29NO2S/c1-27-21-12-10-20(11-13-21)22(26)24-16-6-15-23(17-24,18-25)14-5-9-19-7-3-2-4-8-19/h2-4,7-8,10-13,25H,5-6,9,14-18H2,1H3/t23-/m1/s1. The molecule has 1 aliphatic heterocycles. The van der Waals surface area contributed by atoms with Crippen molar-refractivity contribution in [1.82, 2.24) is 4.90 Å². The lowest BCUT2D eigenvalue weighted by molar-refractivity contribution is 0.0216. The van der Waals surface area contributed by atoms with Gasteiger partial charge in [-0.15, -0.1) is 11.8 Å². The van der Waals surface area contributed by atoms with Gasteiger partial charge < -0.3 is 10.0 Å². The Hall–Kier alpha value is -1.78. The van der Waals surface area contributed by atoms with Crippen molar-refractivity contribution in [3.05, 3.63) is 65.7 Å². The van der Waals surface area contributed by atoms with Crippen LogP contribution >= 0.6 is 11.8 Å². The molecule has 3 nitrogen and oxygen atoms in total. The maximum Gasteiger partial charge on any atom is 0.253 e. The molecule has 3 rings (SSSR count). The summed E-state index contributed by atoms with van der Waals surface area (Å²) in [4.78, 5) is 16.0. The van der Waals surface area contributed by atoms with Crippen molar-refractivity contribution in [3.63, 3.8) is 0 Å². The van der Waals surface area contributed by atoms with Crippen molar-refractivity contribution >= 4 is 17.7 Å². The highest BCUT2D eigenvalue weighted by Gasteiger charge is 2.36. The van der Waals surface area contributed by atoms with E-state index in [1.807, 2.05) is 41.5 Å². The van der Waals surface area contributed by atoms with E-state index in [-0.39, 0.29) is 17.9 Å². The number of nitrogens with zero attached hydrogens (tertiary/aromatic N) is 1. The third-order valence-corrected chi connectivity index (χ3v) is 6.38. The van der Waals surface area contributed by atoms with Gasteiger partial charge in [0.25, 0.3) is 5.91 Å². The number of thioether (sulfide) groups is 1. The molecule has 2 aromatic rings. The van der Waals surface area contributed by atoms with Gasteiger partial charge in [0.15, 0.2) is 0 Å². The Labute approximate surface area is 166 Å². The van der Waals surface area contributed by atoms with Crippen LogP contribution in [-0.2, 0) is 6.42 Å². The lowest BCUT2D eigenvalue weighted by Crippen LogP contribution is -2.48. The summed E-state index contributed by atoms with van der Waals surface area (Å²) in [6, 6.07) is 18.3. The Balaban J connectivity index is 1.62. The van der Waals surface area contributed by atoms with Crippen LogP contribution in [0.25, 0.3) is 0 Å². The monoisotopic (exact) mass is 383 g/mol. The minimum atomic E-state index is -0.165. The summed E-state index contributed by atoms with van der Waals surface area (Å²) in [5.41, 5.74) is 1.91. The first-order valence-electron chi connectivity index (χ1n) is 9.74. The summed E-state index contributed by atoms with van der Waals surface area (Å²) >= 11 is 1.68. The molecule has 0 aromatic heterocycles. The van der Waals surface area contributed by atoms with E-state index in [2.05, 4.69) is 24.3 Å². The van der Waals surface area contributed by atoms with Gasteiger partial charge in [-0.05, 0) is 68.2 Å². The minimum Gasteiger partial charge on any atom is -0.396 e. The molecule has 0 bridgehead atoms. The molecule has 1 fully saturated rings. The molecule has 0 spiro atoms. The van der Waals surface area contributed by atoms with Crippen molar-refractivity contribution in [2.45, 2.75) is 37.0 Å². The minimum absolute atomic E-state index is 0.0863. The van der Waals surface area contributed by atoms with Gasteiger partial charge in [-0.1, -0.05) is 30.3 Å². The average Bonchev–Trinajstić information content (AvgIpc) is 2.74. The Morgan fingerprint density at radius 1 is 1.15 bits per heavy atom. The second-order valence-electron chi connectivity index (χ2n) is 7.56. The number of hydrogen-bond acceptors (Lipinski definition) is 3. The number of rotatable bonds is 7. The van der Waals surface area contributed by atoms with Crippen LogP contribution in [0.3, 0.4) is 0 Å². The molecule has 1 amide bonds. The SMILES string of the molecule is CSc1ccc(C(=O)N2CCC[C@](CO)(CCCc3ccccc3)C2)cc1. The fraction of sp³-hybridized carbons (Fsp3) is 0.435. The third kappa shape index (κ3) is 5.14. The summed E-state index contributed by atoms with van der Waals surface area (Å²) in [5, 5.41) is 10.1. The predicted molar refractivity (Wildman–Crippen MR) is 112 cm³/mol. The van der Waals surface area contributed by atoms with E-state index in [0.29, 0.717) is 6.54 Å². The molecular weight excluding hydrogens is 354 g/mol. The molecule has 1 N–H and O–H groups in total. The Kier molecular flexibility index (Phi) is 6.97. The molecule has 1 saturated heterocycles. The number of piperidine rings is 1. The summed E-state index contributed by atoms with van der Waals surface area (Å²) in [5.74, 6) is 0.0863. The highest BCUT2D eigenvalue weighted by Crippen LogP contribution is 2.35. The number of aliphatic hydroxyl groups excluding tert-OH is 1. The molecule has 1 aliphatic rings. The molecule has 0 unspecified atom stereocenters. The van der Waals surface area contributed by atoms with Gasteiger partial charge in [-0.3, -0.25) is 4.79 Å². The number of benzene rings is 2. The van der Waals surface area contributed by atoms with Gasteiger partial charge in [0.1, 0.15) is 0 Å². The van der Waals surface area contributed by atoms with Crippen LogP contribution in [-0.4, -0.2) is 41.9 Å². The number of carbonyl (C=O) groups excluding carboxylic acids is 1. The fourth-order valence-electron chi connectivity index (χ4n) is 4.02. The number of carbonyl (C=O) groups is 1.